The van der Waals surface area contributed by atoms with E-state index in [1.54, 1.807) is 17.8 Å². The first-order valence-corrected chi connectivity index (χ1v) is 8.45. The van der Waals surface area contributed by atoms with Crippen LogP contribution in [0.5, 0.6) is 5.75 Å². The number of amides is 1. The van der Waals surface area contributed by atoms with Crippen molar-refractivity contribution in [2.24, 2.45) is 0 Å². The van der Waals surface area contributed by atoms with E-state index in [2.05, 4.69) is 0 Å². The predicted octanol–water partition coefficient (Wildman–Crippen LogP) is 2.87. The highest BCUT2D eigenvalue weighted by Gasteiger charge is 2.32. The van der Waals surface area contributed by atoms with Crippen molar-refractivity contribution >= 4 is 29.5 Å². The minimum absolute atomic E-state index is 0.0559. The molecule has 0 spiro atoms. The third-order valence-electron chi connectivity index (χ3n) is 4.19. The maximum Gasteiger partial charge on any atom is 0.257 e. The van der Waals surface area contributed by atoms with Crippen LogP contribution in [-0.4, -0.2) is 40.6 Å². The van der Waals surface area contributed by atoms with Gasteiger partial charge in [-0.1, -0.05) is 11.6 Å². The Bertz CT molecular complexity index is 526. The number of carbonyl (C=O) groups is 1. The SMILES string of the molecule is CC[N+]1(C(=O)[O-])CCCC(Sc2ccc(O)cc2Cl)CC1. The van der Waals surface area contributed by atoms with Gasteiger partial charge in [0.1, 0.15) is 5.75 Å². The van der Waals surface area contributed by atoms with Crippen LogP contribution in [0.2, 0.25) is 5.02 Å². The number of hydrogen-bond acceptors (Lipinski definition) is 4. The minimum atomic E-state index is -0.967. The molecule has 0 aliphatic carbocycles. The average Bonchev–Trinajstić information content (AvgIpc) is 2.65. The van der Waals surface area contributed by atoms with Crippen molar-refractivity contribution in [3.8, 4) is 5.75 Å². The molecule has 1 aliphatic rings. The van der Waals surface area contributed by atoms with Crippen LogP contribution in [0, 0.1) is 0 Å². The molecule has 0 saturated carbocycles. The normalized spacial score (nSPS) is 26.3. The Morgan fingerprint density at radius 1 is 1.48 bits per heavy atom. The first-order chi connectivity index (χ1) is 9.97. The van der Waals surface area contributed by atoms with Gasteiger partial charge in [0, 0.05) is 16.6 Å². The monoisotopic (exact) mass is 329 g/mol. The van der Waals surface area contributed by atoms with Gasteiger partial charge in [-0.2, -0.15) is 0 Å². The van der Waals surface area contributed by atoms with E-state index >= 15 is 0 Å². The highest BCUT2D eigenvalue weighted by Crippen LogP contribution is 2.37. The van der Waals surface area contributed by atoms with Crippen molar-refractivity contribution in [1.82, 2.24) is 0 Å². The molecule has 21 heavy (non-hydrogen) atoms. The maximum atomic E-state index is 11.4. The van der Waals surface area contributed by atoms with Gasteiger partial charge in [0.2, 0.25) is 0 Å². The quantitative estimate of drug-likeness (QED) is 0.866. The van der Waals surface area contributed by atoms with Crippen molar-refractivity contribution in [3.63, 3.8) is 0 Å². The van der Waals surface area contributed by atoms with Crippen molar-refractivity contribution in [1.29, 1.82) is 0 Å². The molecule has 1 amide bonds. The number of phenolic OH excluding ortho intramolecular Hbond substituents is 1. The molecule has 1 fully saturated rings. The molecular formula is C15H20ClNO3S. The number of carboxylic acid groups (broad SMARTS) is 1. The van der Waals surface area contributed by atoms with Gasteiger partial charge in [0.15, 0.2) is 0 Å². The van der Waals surface area contributed by atoms with E-state index in [4.69, 9.17) is 11.6 Å². The van der Waals surface area contributed by atoms with Crippen molar-refractivity contribution in [2.45, 2.75) is 36.3 Å². The smallest absolute Gasteiger partial charge is 0.257 e. The lowest BCUT2D eigenvalue weighted by atomic mass is 10.2. The number of likely N-dealkylation sites (tertiary alicyclic amines) is 1. The Morgan fingerprint density at radius 2 is 2.24 bits per heavy atom. The molecule has 0 radical (unpaired) electrons. The Morgan fingerprint density at radius 3 is 2.86 bits per heavy atom. The zero-order chi connectivity index (χ0) is 15.5. The Balaban J connectivity index is 2.05. The van der Waals surface area contributed by atoms with E-state index in [-0.39, 0.29) is 10.2 Å². The topological polar surface area (TPSA) is 60.4 Å². The highest BCUT2D eigenvalue weighted by atomic mass is 35.5. The van der Waals surface area contributed by atoms with E-state index in [1.807, 2.05) is 13.0 Å². The van der Waals surface area contributed by atoms with Crippen LogP contribution in [0.4, 0.5) is 4.79 Å². The van der Waals surface area contributed by atoms with Crippen LogP contribution in [0.25, 0.3) is 0 Å². The fourth-order valence-electron chi connectivity index (χ4n) is 2.78. The number of quaternary nitrogens is 1. The number of phenols is 1. The van der Waals surface area contributed by atoms with Crippen LogP contribution in [0.1, 0.15) is 26.2 Å². The first-order valence-electron chi connectivity index (χ1n) is 7.19. The molecule has 1 aromatic carbocycles. The molecule has 116 valence electrons. The predicted molar refractivity (Wildman–Crippen MR) is 82.5 cm³/mol. The van der Waals surface area contributed by atoms with E-state index in [0.29, 0.717) is 29.9 Å². The summed E-state index contributed by atoms with van der Waals surface area (Å²) in [7, 11) is 0. The van der Waals surface area contributed by atoms with Crippen molar-refractivity contribution in [2.75, 3.05) is 19.6 Å². The van der Waals surface area contributed by atoms with Crippen molar-refractivity contribution in [3.05, 3.63) is 23.2 Å². The van der Waals surface area contributed by atoms with E-state index in [9.17, 15) is 15.0 Å². The second kappa shape index (κ2) is 6.90. The summed E-state index contributed by atoms with van der Waals surface area (Å²) < 4.78 is 0.0559. The number of aromatic hydroxyl groups is 1. The molecule has 2 atom stereocenters. The second-order valence-electron chi connectivity index (χ2n) is 5.46. The number of thioether (sulfide) groups is 1. The third-order valence-corrected chi connectivity index (χ3v) is 6.03. The van der Waals surface area contributed by atoms with E-state index in [0.717, 1.165) is 24.2 Å². The molecule has 2 rings (SSSR count). The summed E-state index contributed by atoms with van der Waals surface area (Å²) in [5.74, 6) is 0.156. The Labute approximate surface area is 134 Å². The number of carbonyl (C=O) groups excluding carboxylic acids is 1. The molecule has 0 aromatic heterocycles. The summed E-state index contributed by atoms with van der Waals surface area (Å²) in [6.07, 6.45) is 1.69. The van der Waals surface area contributed by atoms with Gasteiger partial charge < -0.3 is 15.0 Å². The molecule has 1 aliphatic heterocycles. The van der Waals surface area contributed by atoms with Crippen LogP contribution >= 0.6 is 23.4 Å². The largest absolute Gasteiger partial charge is 0.508 e. The zero-order valence-corrected chi connectivity index (χ0v) is 13.6. The van der Waals surface area contributed by atoms with Gasteiger partial charge >= 0.3 is 0 Å². The highest BCUT2D eigenvalue weighted by molar-refractivity contribution is 8.00. The standard InChI is InChI=1S/C15H20ClNO3S/c1-2-17(15(19)20)8-3-4-12(7-9-17)21-14-6-5-11(18)10-13(14)16/h5-6,10,12H,2-4,7-9H2,1H3,(H-,18,19,20). The second-order valence-corrected chi connectivity index (χ2v) is 7.21. The van der Waals surface area contributed by atoms with Gasteiger partial charge in [-0.25, -0.2) is 0 Å². The van der Waals surface area contributed by atoms with Crippen LogP contribution < -0.4 is 5.11 Å². The molecule has 0 bridgehead atoms. The average molecular weight is 330 g/mol. The number of nitrogens with zero attached hydrogens (tertiary/aromatic N) is 1. The van der Waals surface area contributed by atoms with Crippen molar-refractivity contribution < 1.29 is 19.5 Å². The molecule has 1 saturated heterocycles. The van der Waals surface area contributed by atoms with E-state index in [1.165, 1.54) is 6.07 Å². The van der Waals surface area contributed by atoms with Gasteiger partial charge in [0.05, 0.1) is 24.7 Å². The lowest BCUT2D eigenvalue weighted by Gasteiger charge is -2.35. The van der Waals surface area contributed by atoms with Crippen LogP contribution in [-0.2, 0) is 0 Å². The Kier molecular flexibility index (Phi) is 5.41. The Hall–Kier alpha value is -0.910. The lowest BCUT2D eigenvalue weighted by molar-refractivity contribution is -0.873. The van der Waals surface area contributed by atoms with Crippen LogP contribution in [0.15, 0.2) is 23.1 Å². The number of benzene rings is 1. The summed E-state index contributed by atoms with van der Waals surface area (Å²) in [6.45, 7) is 3.71. The number of rotatable bonds is 3. The van der Waals surface area contributed by atoms with Gasteiger partial charge in [-0.15, -0.1) is 11.8 Å². The summed E-state index contributed by atoms with van der Waals surface area (Å²) >= 11 is 7.80. The molecule has 6 heteroatoms. The van der Waals surface area contributed by atoms with E-state index < -0.39 is 6.09 Å². The summed E-state index contributed by atoms with van der Waals surface area (Å²) in [4.78, 5) is 12.4. The third kappa shape index (κ3) is 3.84. The van der Waals surface area contributed by atoms with Gasteiger partial charge in [-0.05, 0) is 38.0 Å². The van der Waals surface area contributed by atoms with Gasteiger partial charge in [0.25, 0.3) is 6.09 Å². The lowest BCUT2D eigenvalue weighted by Crippen LogP contribution is -2.59. The fraction of sp³-hybridized carbons (Fsp3) is 0.533. The zero-order valence-electron chi connectivity index (χ0n) is 12.0. The maximum absolute atomic E-state index is 11.4. The summed E-state index contributed by atoms with van der Waals surface area (Å²) in [5, 5.41) is 21.7. The molecule has 1 N–H and O–H groups in total. The number of hydrogen-bond donors (Lipinski definition) is 1. The fourth-order valence-corrected chi connectivity index (χ4v) is 4.27. The van der Waals surface area contributed by atoms with Crippen LogP contribution in [0.3, 0.4) is 0 Å². The minimum Gasteiger partial charge on any atom is -0.508 e. The summed E-state index contributed by atoms with van der Waals surface area (Å²) in [6, 6.07) is 4.97. The molecule has 1 heterocycles. The summed E-state index contributed by atoms with van der Waals surface area (Å²) in [5.41, 5.74) is 0. The molecule has 2 unspecified atom stereocenters. The first kappa shape index (κ1) is 16.5. The molecule has 1 aromatic rings. The molecular weight excluding hydrogens is 310 g/mol. The van der Waals surface area contributed by atoms with Gasteiger partial charge in [-0.3, -0.25) is 4.48 Å². The number of halogens is 1. The molecule has 4 nitrogen and oxygen atoms in total.